The molecule has 0 aromatic heterocycles. The van der Waals surface area contributed by atoms with Crippen LogP contribution in [0.3, 0.4) is 0 Å². The van der Waals surface area contributed by atoms with Gasteiger partial charge in [-0.1, -0.05) is 44.2 Å². The Morgan fingerprint density at radius 3 is 2.35 bits per heavy atom. The number of carbonyl (C=O) groups excluding carboxylic acids is 2. The Bertz CT molecular complexity index is 824. The van der Waals surface area contributed by atoms with Crippen LogP contribution in [0.2, 0.25) is 0 Å². The zero-order chi connectivity index (χ0) is 19.3. The highest BCUT2D eigenvalue weighted by Gasteiger charge is 2.27. The van der Waals surface area contributed by atoms with Gasteiger partial charge in [0, 0.05) is 22.2 Å². The van der Waals surface area contributed by atoms with Crippen molar-refractivity contribution in [3.8, 4) is 0 Å². The molecule has 0 radical (unpaired) electrons. The SMILES string of the molecule is CC(C)C(=O)OC(C(=O)Nc1ccc([N+](=O)[O-])cc1Br)c1ccccc1. The molecule has 0 saturated carbocycles. The van der Waals surface area contributed by atoms with Crippen LogP contribution in [-0.2, 0) is 14.3 Å². The summed E-state index contributed by atoms with van der Waals surface area (Å²) >= 11 is 3.20. The van der Waals surface area contributed by atoms with Crippen LogP contribution in [0.15, 0.2) is 53.0 Å². The number of ether oxygens (including phenoxy) is 1. The standard InChI is InChI=1S/C18H17BrN2O5/c1-11(2)18(23)26-16(12-6-4-3-5-7-12)17(22)20-15-9-8-13(21(24)25)10-14(15)19/h3-11,16H,1-2H3,(H,20,22). The molecule has 0 spiro atoms. The van der Waals surface area contributed by atoms with Gasteiger partial charge in [0.1, 0.15) is 0 Å². The van der Waals surface area contributed by atoms with Gasteiger partial charge in [0.05, 0.1) is 16.5 Å². The fraction of sp³-hybridized carbons (Fsp3) is 0.222. The molecule has 0 aliphatic heterocycles. The largest absolute Gasteiger partial charge is 0.447 e. The second-order valence-corrected chi connectivity index (χ2v) is 6.65. The van der Waals surface area contributed by atoms with Crippen LogP contribution < -0.4 is 5.32 Å². The maximum Gasteiger partial charge on any atom is 0.309 e. The molecule has 0 saturated heterocycles. The second-order valence-electron chi connectivity index (χ2n) is 5.79. The van der Waals surface area contributed by atoms with Crippen molar-refractivity contribution in [2.24, 2.45) is 5.92 Å². The Balaban J connectivity index is 2.26. The van der Waals surface area contributed by atoms with Crippen molar-refractivity contribution in [2.75, 3.05) is 5.32 Å². The van der Waals surface area contributed by atoms with Crippen molar-refractivity contribution in [3.05, 3.63) is 68.7 Å². The summed E-state index contributed by atoms with van der Waals surface area (Å²) in [6.45, 7) is 3.35. The van der Waals surface area contributed by atoms with Gasteiger partial charge in [-0.3, -0.25) is 19.7 Å². The number of nitrogens with one attached hydrogen (secondary N) is 1. The van der Waals surface area contributed by atoms with E-state index in [0.717, 1.165) is 0 Å². The summed E-state index contributed by atoms with van der Waals surface area (Å²) in [5.41, 5.74) is 0.750. The molecule has 0 bridgehead atoms. The highest BCUT2D eigenvalue weighted by molar-refractivity contribution is 9.10. The molecule has 1 N–H and O–H groups in total. The van der Waals surface area contributed by atoms with Crippen LogP contribution in [0.4, 0.5) is 11.4 Å². The van der Waals surface area contributed by atoms with Crippen molar-refractivity contribution in [1.82, 2.24) is 0 Å². The second kappa shape index (κ2) is 8.57. The summed E-state index contributed by atoms with van der Waals surface area (Å²) in [5.74, 6) is -1.45. The molecular weight excluding hydrogens is 404 g/mol. The molecule has 2 rings (SSSR count). The van der Waals surface area contributed by atoms with Crippen LogP contribution in [0, 0.1) is 16.0 Å². The minimum absolute atomic E-state index is 0.110. The van der Waals surface area contributed by atoms with Gasteiger partial charge in [0.15, 0.2) is 0 Å². The molecule has 0 heterocycles. The number of halogens is 1. The maximum absolute atomic E-state index is 12.7. The summed E-state index contributed by atoms with van der Waals surface area (Å²) in [6.07, 6.45) is -1.13. The summed E-state index contributed by atoms with van der Waals surface area (Å²) < 4.78 is 5.71. The van der Waals surface area contributed by atoms with E-state index in [-0.39, 0.29) is 11.6 Å². The molecule has 8 heteroatoms. The average molecular weight is 421 g/mol. The lowest BCUT2D eigenvalue weighted by molar-refractivity contribution is -0.384. The third kappa shape index (κ3) is 4.89. The van der Waals surface area contributed by atoms with Crippen molar-refractivity contribution < 1.29 is 19.2 Å². The molecule has 1 amide bonds. The number of amides is 1. The summed E-state index contributed by atoms with van der Waals surface area (Å²) in [4.78, 5) is 35.0. The Morgan fingerprint density at radius 2 is 1.81 bits per heavy atom. The number of nitro groups is 1. The van der Waals surface area contributed by atoms with Crippen LogP contribution in [-0.4, -0.2) is 16.8 Å². The van der Waals surface area contributed by atoms with Crippen molar-refractivity contribution in [2.45, 2.75) is 20.0 Å². The minimum atomic E-state index is -1.13. The van der Waals surface area contributed by atoms with E-state index in [0.29, 0.717) is 15.7 Å². The molecule has 1 atom stereocenters. The van der Waals surface area contributed by atoms with E-state index < -0.39 is 22.9 Å². The van der Waals surface area contributed by atoms with E-state index in [9.17, 15) is 19.7 Å². The number of hydrogen-bond acceptors (Lipinski definition) is 5. The van der Waals surface area contributed by atoms with E-state index in [2.05, 4.69) is 21.2 Å². The van der Waals surface area contributed by atoms with Crippen molar-refractivity contribution >= 4 is 39.2 Å². The fourth-order valence-corrected chi connectivity index (χ4v) is 2.54. The van der Waals surface area contributed by atoms with Gasteiger partial charge in [0.2, 0.25) is 6.10 Å². The topological polar surface area (TPSA) is 98.5 Å². The fourth-order valence-electron chi connectivity index (χ4n) is 2.07. The van der Waals surface area contributed by atoms with E-state index in [1.165, 1.54) is 18.2 Å². The third-order valence-electron chi connectivity index (χ3n) is 3.47. The van der Waals surface area contributed by atoms with Gasteiger partial charge in [0.25, 0.3) is 11.6 Å². The molecule has 0 aliphatic carbocycles. The van der Waals surface area contributed by atoms with Gasteiger partial charge in [-0.25, -0.2) is 0 Å². The van der Waals surface area contributed by atoms with Crippen LogP contribution in [0.5, 0.6) is 0 Å². The number of nitro benzene ring substituents is 1. The first-order valence-corrected chi connectivity index (χ1v) is 8.59. The normalized spacial score (nSPS) is 11.7. The maximum atomic E-state index is 12.7. The average Bonchev–Trinajstić information content (AvgIpc) is 2.61. The van der Waals surface area contributed by atoms with Gasteiger partial charge in [-0.2, -0.15) is 0 Å². The Hall–Kier alpha value is -2.74. The number of anilines is 1. The first-order chi connectivity index (χ1) is 12.3. The van der Waals surface area contributed by atoms with Crippen LogP contribution in [0.25, 0.3) is 0 Å². The Labute approximate surface area is 158 Å². The van der Waals surface area contributed by atoms with Gasteiger partial charge in [-0.15, -0.1) is 0 Å². The molecule has 0 aliphatic rings. The quantitative estimate of drug-likeness (QED) is 0.428. The predicted octanol–water partition coefficient (Wildman–Crippen LogP) is 4.24. The molecule has 7 nitrogen and oxygen atoms in total. The van der Waals surface area contributed by atoms with E-state index in [1.54, 1.807) is 44.2 Å². The van der Waals surface area contributed by atoms with Crippen molar-refractivity contribution in [3.63, 3.8) is 0 Å². The Kier molecular flexibility index (Phi) is 6.46. The lowest BCUT2D eigenvalue weighted by atomic mass is 10.1. The van der Waals surface area contributed by atoms with E-state index >= 15 is 0 Å². The monoisotopic (exact) mass is 420 g/mol. The number of hydrogen-bond donors (Lipinski definition) is 1. The van der Waals surface area contributed by atoms with Crippen LogP contribution >= 0.6 is 15.9 Å². The van der Waals surface area contributed by atoms with Gasteiger partial charge in [-0.05, 0) is 22.0 Å². The number of rotatable bonds is 6. The minimum Gasteiger partial charge on any atom is -0.447 e. The molecule has 2 aromatic rings. The number of carbonyl (C=O) groups is 2. The van der Waals surface area contributed by atoms with Crippen LogP contribution in [0.1, 0.15) is 25.5 Å². The lowest BCUT2D eigenvalue weighted by Crippen LogP contribution is -2.27. The summed E-state index contributed by atoms with van der Waals surface area (Å²) in [5, 5.41) is 13.4. The number of non-ortho nitro benzene ring substituents is 1. The zero-order valence-corrected chi connectivity index (χ0v) is 15.7. The first-order valence-electron chi connectivity index (χ1n) is 7.80. The number of nitrogens with zero attached hydrogens (tertiary/aromatic N) is 1. The summed E-state index contributed by atoms with van der Waals surface area (Å²) in [6, 6.07) is 12.6. The number of esters is 1. The van der Waals surface area contributed by atoms with Gasteiger partial charge >= 0.3 is 5.97 Å². The molecule has 26 heavy (non-hydrogen) atoms. The lowest BCUT2D eigenvalue weighted by Gasteiger charge is -2.19. The highest BCUT2D eigenvalue weighted by atomic mass is 79.9. The molecule has 2 aromatic carbocycles. The highest BCUT2D eigenvalue weighted by Crippen LogP contribution is 2.29. The summed E-state index contributed by atoms with van der Waals surface area (Å²) in [7, 11) is 0. The first kappa shape index (κ1) is 19.6. The van der Waals surface area contributed by atoms with Crippen molar-refractivity contribution in [1.29, 1.82) is 0 Å². The molecule has 136 valence electrons. The van der Waals surface area contributed by atoms with E-state index in [4.69, 9.17) is 4.74 Å². The molecule has 0 fully saturated rings. The Morgan fingerprint density at radius 1 is 1.15 bits per heavy atom. The zero-order valence-electron chi connectivity index (χ0n) is 14.1. The predicted molar refractivity (Wildman–Crippen MR) is 99.5 cm³/mol. The van der Waals surface area contributed by atoms with Gasteiger partial charge < -0.3 is 10.1 Å². The number of benzene rings is 2. The van der Waals surface area contributed by atoms with E-state index in [1.807, 2.05) is 0 Å². The third-order valence-corrected chi connectivity index (χ3v) is 4.12. The molecular formula is C18H17BrN2O5. The smallest absolute Gasteiger partial charge is 0.309 e. The molecule has 1 unspecified atom stereocenters.